The first-order valence-electron chi connectivity index (χ1n) is 5.95. The summed E-state index contributed by atoms with van der Waals surface area (Å²) in [4.78, 5) is 0. The van der Waals surface area contributed by atoms with Crippen molar-refractivity contribution >= 4 is 51.5 Å². The minimum Gasteiger partial charge on any atom is -0.378 e. The Hall–Kier alpha value is -0.450. The normalized spacial score (nSPS) is 12.3. The van der Waals surface area contributed by atoms with Gasteiger partial charge >= 0.3 is 0 Å². The molecule has 0 saturated carbocycles. The number of halogens is 3. The average molecular weight is 406 g/mol. The molecule has 0 aliphatic carbocycles. The third-order valence-corrected chi connectivity index (χ3v) is 4.22. The molecule has 0 bridgehead atoms. The van der Waals surface area contributed by atoms with Gasteiger partial charge in [-0.2, -0.15) is 0 Å². The Morgan fingerprint density at radius 2 is 1.84 bits per heavy atom. The number of aryl methyl sites for hydroxylation is 1. The number of benzene rings is 2. The molecule has 0 heterocycles. The van der Waals surface area contributed by atoms with E-state index in [4.69, 9.17) is 23.2 Å². The molecule has 1 N–H and O–H groups in total. The van der Waals surface area contributed by atoms with Crippen molar-refractivity contribution in [1.29, 1.82) is 0 Å². The molecule has 1 nitrogen and oxygen atoms in total. The third-order valence-electron chi connectivity index (χ3n) is 2.99. The average Bonchev–Trinajstić information content (AvgIpc) is 2.32. The van der Waals surface area contributed by atoms with E-state index in [0.29, 0.717) is 10.0 Å². The maximum absolute atomic E-state index is 6.23. The van der Waals surface area contributed by atoms with E-state index in [-0.39, 0.29) is 6.04 Å². The lowest BCUT2D eigenvalue weighted by molar-refractivity contribution is 0.883. The summed E-state index contributed by atoms with van der Waals surface area (Å²) in [7, 11) is 0. The maximum atomic E-state index is 6.23. The summed E-state index contributed by atoms with van der Waals surface area (Å²) in [6.07, 6.45) is 0. The molecule has 100 valence electrons. The van der Waals surface area contributed by atoms with Crippen molar-refractivity contribution in [2.75, 3.05) is 5.32 Å². The highest BCUT2D eigenvalue weighted by Gasteiger charge is 2.11. The molecule has 19 heavy (non-hydrogen) atoms. The molecule has 0 aromatic heterocycles. The zero-order valence-electron chi connectivity index (χ0n) is 10.7. The highest BCUT2D eigenvalue weighted by atomic mass is 127. The van der Waals surface area contributed by atoms with E-state index >= 15 is 0 Å². The Kier molecular flexibility index (Phi) is 4.98. The second-order valence-corrected chi connectivity index (χ2v) is 6.58. The Labute approximate surface area is 137 Å². The molecule has 0 aliphatic heterocycles. The quantitative estimate of drug-likeness (QED) is 0.610. The van der Waals surface area contributed by atoms with Crippen molar-refractivity contribution in [3.05, 3.63) is 61.1 Å². The number of anilines is 1. The van der Waals surface area contributed by atoms with Crippen LogP contribution in [-0.4, -0.2) is 0 Å². The van der Waals surface area contributed by atoms with E-state index in [1.807, 2.05) is 12.1 Å². The van der Waals surface area contributed by atoms with Crippen molar-refractivity contribution in [3.63, 3.8) is 0 Å². The summed E-state index contributed by atoms with van der Waals surface area (Å²) in [5.74, 6) is 0. The van der Waals surface area contributed by atoms with Crippen LogP contribution in [0.1, 0.15) is 24.1 Å². The molecule has 0 aliphatic rings. The monoisotopic (exact) mass is 405 g/mol. The van der Waals surface area contributed by atoms with Gasteiger partial charge in [-0.1, -0.05) is 29.3 Å². The predicted molar refractivity (Wildman–Crippen MR) is 92.4 cm³/mol. The van der Waals surface area contributed by atoms with Crippen LogP contribution < -0.4 is 5.32 Å². The zero-order chi connectivity index (χ0) is 14.0. The van der Waals surface area contributed by atoms with Gasteiger partial charge in [-0.3, -0.25) is 0 Å². The summed E-state index contributed by atoms with van der Waals surface area (Å²) in [5.41, 5.74) is 3.40. The molecule has 0 radical (unpaired) electrons. The molecule has 1 atom stereocenters. The fourth-order valence-corrected chi connectivity index (χ4v) is 3.17. The van der Waals surface area contributed by atoms with Gasteiger partial charge in [0.25, 0.3) is 0 Å². The zero-order valence-corrected chi connectivity index (χ0v) is 14.3. The topological polar surface area (TPSA) is 12.0 Å². The maximum Gasteiger partial charge on any atom is 0.0500 e. The van der Waals surface area contributed by atoms with Gasteiger partial charge in [0.1, 0.15) is 0 Å². The Balaban J connectivity index is 2.23. The first-order valence-corrected chi connectivity index (χ1v) is 7.78. The first-order chi connectivity index (χ1) is 8.97. The second-order valence-electron chi connectivity index (χ2n) is 4.49. The largest absolute Gasteiger partial charge is 0.378 e. The van der Waals surface area contributed by atoms with Crippen molar-refractivity contribution < 1.29 is 0 Å². The Morgan fingerprint density at radius 1 is 1.11 bits per heavy atom. The van der Waals surface area contributed by atoms with E-state index in [1.165, 1.54) is 9.13 Å². The van der Waals surface area contributed by atoms with Crippen molar-refractivity contribution in [3.8, 4) is 0 Å². The predicted octanol–water partition coefficient (Wildman–Crippen LogP) is 6.08. The Morgan fingerprint density at radius 3 is 2.47 bits per heavy atom. The lowest BCUT2D eigenvalue weighted by Gasteiger charge is -2.19. The molecule has 1 unspecified atom stereocenters. The van der Waals surface area contributed by atoms with Crippen molar-refractivity contribution in [1.82, 2.24) is 0 Å². The van der Waals surface area contributed by atoms with Crippen LogP contribution in [0.2, 0.25) is 10.0 Å². The van der Waals surface area contributed by atoms with E-state index in [1.54, 1.807) is 6.07 Å². The molecule has 2 aromatic rings. The lowest BCUT2D eigenvalue weighted by atomic mass is 10.1. The van der Waals surface area contributed by atoms with Crippen LogP contribution in [0.5, 0.6) is 0 Å². The van der Waals surface area contributed by atoms with Gasteiger partial charge in [0, 0.05) is 19.3 Å². The van der Waals surface area contributed by atoms with Gasteiger partial charge in [-0.05, 0) is 77.9 Å². The molecule has 0 amide bonds. The van der Waals surface area contributed by atoms with E-state index in [0.717, 1.165) is 11.3 Å². The molecular formula is C15H14Cl2IN. The smallest absolute Gasteiger partial charge is 0.0500 e. The summed E-state index contributed by atoms with van der Waals surface area (Å²) < 4.78 is 1.23. The van der Waals surface area contributed by atoms with Crippen LogP contribution in [0.3, 0.4) is 0 Å². The number of hydrogen-bond acceptors (Lipinski definition) is 1. The molecule has 0 fully saturated rings. The van der Waals surface area contributed by atoms with Crippen molar-refractivity contribution in [2.45, 2.75) is 19.9 Å². The minimum absolute atomic E-state index is 0.128. The fourth-order valence-electron chi connectivity index (χ4n) is 1.95. The molecular weight excluding hydrogens is 392 g/mol. The van der Waals surface area contributed by atoms with Gasteiger partial charge in [0.2, 0.25) is 0 Å². The van der Waals surface area contributed by atoms with Gasteiger partial charge in [0.15, 0.2) is 0 Å². The Bertz CT molecular complexity index is 599. The van der Waals surface area contributed by atoms with Gasteiger partial charge in [-0.15, -0.1) is 0 Å². The fraction of sp³-hybridized carbons (Fsp3) is 0.200. The van der Waals surface area contributed by atoms with Crippen LogP contribution in [0.4, 0.5) is 5.69 Å². The van der Waals surface area contributed by atoms with Crippen LogP contribution >= 0.6 is 45.8 Å². The number of hydrogen-bond donors (Lipinski definition) is 1. The number of nitrogens with one attached hydrogen (secondary N) is 1. The molecule has 2 aromatic carbocycles. The third kappa shape index (κ3) is 3.77. The van der Waals surface area contributed by atoms with E-state index in [2.05, 4.69) is 60.0 Å². The van der Waals surface area contributed by atoms with Crippen LogP contribution in [0.15, 0.2) is 36.4 Å². The molecule has 4 heteroatoms. The lowest BCUT2D eigenvalue weighted by Crippen LogP contribution is -2.08. The first kappa shape index (κ1) is 14.9. The van der Waals surface area contributed by atoms with Crippen molar-refractivity contribution in [2.24, 2.45) is 0 Å². The molecule has 0 spiro atoms. The van der Waals surface area contributed by atoms with E-state index in [9.17, 15) is 0 Å². The molecule has 0 saturated heterocycles. The van der Waals surface area contributed by atoms with Crippen LogP contribution in [-0.2, 0) is 0 Å². The SMILES string of the molecule is Cc1cc(I)ccc1NC(C)c1ccc(Cl)cc1Cl. The highest BCUT2D eigenvalue weighted by molar-refractivity contribution is 14.1. The van der Waals surface area contributed by atoms with Gasteiger partial charge in [-0.25, -0.2) is 0 Å². The highest BCUT2D eigenvalue weighted by Crippen LogP contribution is 2.29. The minimum atomic E-state index is 0.128. The van der Waals surface area contributed by atoms with Crippen LogP contribution in [0.25, 0.3) is 0 Å². The van der Waals surface area contributed by atoms with Gasteiger partial charge < -0.3 is 5.32 Å². The summed E-state index contributed by atoms with van der Waals surface area (Å²) in [5, 5.41) is 4.83. The summed E-state index contributed by atoms with van der Waals surface area (Å²) >= 11 is 14.5. The summed E-state index contributed by atoms with van der Waals surface area (Å²) in [6, 6.07) is 12.1. The summed E-state index contributed by atoms with van der Waals surface area (Å²) in [6.45, 7) is 4.19. The number of rotatable bonds is 3. The molecule has 2 rings (SSSR count). The second kappa shape index (κ2) is 6.33. The van der Waals surface area contributed by atoms with Gasteiger partial charge in [0.05, 0.1) is 6.04 Å². The van der Waals surface area contributed by atoms with Crippen LogP contribution in [0, 0.1) is 10.5 Å². The van der Waals surface area contributed by atoms with E-state index < -0.39 is 0 Å². The standard InChI is InChI=1S/C15H14Cl2IN/c1-9-7-12(18)4-6-15(9)19-10(2)13-5-3-11(16)8-14(13)17/h3-8,10,19H,1-2H3.